The Morgan fingerprint density at radius 1 is 1.58 bits per heavy atom. The molecule has 12 heavy (non-hydrogen) atoms. The Balaban J connectivity index is 3.36. The quantitative estimate of drug-likeness (QED) is 0.536. The minimum atomic E-state index is -3.46. The monoisotopic (exact) mass is 207 g/mol. The van der Waals surface area contributed by atoms with Crippen molar-refractivity contribution in [2.75, 3.05) is 6.26 Å². The largest absolute Gasteiger partial charge is 0.298 e. The molecule has 0 aromatic carbocycles. The van der Waals surface area contributed by atoms with Crippen LogP contribution in [0, 0.1) is 10.1 Å². The predicted molar refractivity (Wildman–Crippen MR) is 44.1 cm³/mol. The van der Waals surface area contributed by atoms with Crippen LogP contribution in [0.25, 0.3) is 0 Å². The van der Waals surface area contributed by atoms with Gasteiger partial charge in [0.15, 0.2) is 14.0 Å². The standard InChI is InChI=1S/C5H5NO4S2/c1-12(9,10)5-4(6(7)8)2-3-11-5/h2-3H,1H3. The van der Waals surface area contributed by atoms with E-state index in [0.717, 1.165) is 17.6 Å². The SMILES string of the molecule is CS(=O)(=O)c1sccc1[N+](=O)[O-]. The van der Waals surface area contributed by atoms with E-state index < -0.39 is 14.8 Å². The van der Waals surface area contributed by atoms with E-state index >= 15 is 0 Å². The number of nitro groups is 1. The van der Waals surface area contributed by atoms with Crippen molar-refractivity contribution in [1.82, 2.24) is 0 Å². The fourth-order valence-electron chi connectivity index (χ4n) is 0.701. The topological polar surface area (TPSA) is 77.3 Å². The molecule has 0 spiro atoms. The molecule has 1 rings (SSSR count). The van der Waals surface area contributed by atoms with E-state index in [4.69, 9.17) is 0 Å². The summed E-state index contributed by atoms with van der Waals surface area (Å²) >= 11 is 0.855. The molecule has 1 heterocycles. The van der Waals surface area contributed by atoms with Crippen molar-refractivity contribution in [3.8, 4) is 0 Å². The zero-order valence-corrected chi connectivity index (χ0v) is 7.68. The lowest BCUT2D eigenvalue weighted by Gasteiger charge is -1.91. The van der Waals surface area contributed by atoms with Crippen molar-refractivity contribution in [3.63, 3.8) is 0 Å². The molecule has 0 radical (unpaired) electrons. The van der Waals surface area contributed by atoms with Crippen LogP contribution in [0.4, 0.5) is 5.69 Å². The molecule has 0 saturated carbocycles. The highest BCUT2D eigenvalue weighted by Gasteiger charge is 2.23. The van der Waals surface area contributed by atoms with Crippen LogP contribution in [-0.2, 0) is 9.84 Å². The molecule has 7 heteroatoms. The summed E-state index contributed by atoms with van der Waals surface area (Å²) in [6.45, 7) is 0. The zero-order chi connectivity index (χ0) is 9.35. The van der Waals surface area contributed by atoms with Gasteiger partial charge in [0, 0.05) is 12.3 Å². The molecular weight excluding hydrogens is 202 g/mol. The van der Waals surface area contributed by atoms with Gasteiger partial charge in [-0.2, -0.15) is 0 Å². The van der Waals surface area contributed by atoms with E-state index in [1.165, 1.54) is 11.4 Å². The minimum Gasteiger partial charge on any atom is -0.258 e. The van der Waals surface area contributed by atoms with E-state index in [1.807, 2.05) is 0 Å². The van der Waals surface area contributed by atoms with Crippen LogP contribution in [0.15, 0.2) is 15.7 Å². The second kappa shape index (κ2) is 2.83. The summed E-state index contributed by atoms with van der Waals surface area (Å²) in [5, 5.41) is 11.7. The van der Waals surface area contributed by atoms with Gasteiger partial charge in [-0.05, 0) is 5.38 Å². The van der Waals surface area contributed by atoms with Crippen LogP contribution in [0.2, 0.25) is 0 Å². The van der Waals surface area contributed by atoms with Crippen molar-refractivity contribution in [1.29, 1.82) is 0 Å². The Kier molecular flexibility index (Phi) is 2.16. The first-order valence-electron chi connectivity index (χ1n) is 2.85. The van der Waals surface area contributed by atoms with E-state index in [0.29, 0.717) is 0 Å². The lowest BCUT2D eigenvalue weighted by Crippen LogP contribution is -1.98. The number of hydrogen-bond donors (Lipinski definition) is 0. The summed E-state index contributed by atoms with van der Waals surface area (Å²) < 4.78 is 21.7. The second-order valence-electron chi connectivity index (χ2n) is 2.12. The van der Waals surface area contributed by atoms with Crippen LogP contribution < -0.4 is 0 Å². The molecule has 0 aliphatic carbocycles. The summed E-state index contributed by atoms with van der Waals surface area (Å²) in [6.07, 6.45) is 0.950. The molecule has 0 amide bonds. The van der Waals surface area contributed by atoms with Gasteiger partial charge in [0.25, 0.3) is 5.69 Å². The summed E-state index contributed by atoms with van der Waals surface area (Å²) in [5.41, 5.74) is -0.345. The first-order valence-corrected chi connectivity index (χ1v) is 5.62. The molecule has 5 nitrogen and oxygen atoms in total. The summed E-state index contributed by atoms with van der Waals surface area (Å²) in [6, 6.07) is 1.18. The fraction of sp³-hybridized carbons (Fsp3) is 0.200. The normalized spacial score (nSPS) is 11.4. The highest BCUT2D eigenvalue weighted by atomic mass is 32.2. The molecular formula is C5H5NO4S2. The smallest absolute Gasteiger partial charge is 0.258 e. The van der Waals surface area contributed by atoms with Crippen molar-refractivity contribution < 1.29 is 13.3 Å². The molecule has 0 fully saturated rings. The van der Waals surface area contributed by atoms with Crippen LogP contribution in [0.1, 0.15) is 0 Å². The zero-order valence-electron chi connectivity index (χ0n) is 6.05. The Labute approximate surface area is 72.7 Å². The minimum absolute atomic E-state index is 0.187. The molecule has 1 aromatic heterocycles. The molecule has 66 valence electrons. The molecule has 0 bridgehead atoms. The molecule has 0 N–H and O–H groups in total. The van der Waals surface area contributed by atoms with Crippen LogP contribution >= 0.6 is 11.3 Å². The maximum atomic E-state index is 10.9. The predicted octanol–water partition coefficient (Wildman–Crippen LogP) is 1.06. The Morgan fingerprint density at radius 3 is 2.50 bits per heavy atom. The van der Waals surface area contributed by atoms with Gasteiger partial charge >= 0.3 is 0 Å². The van der Waals surface area contributed by atoms with Gasteiger partial charge in [-0.15, -0.1) is 11.3 Å². The molecule has 0 aliphatic heterocycles. The van der Waals surface area contributed by atoms with E-state index in [9.17, 15) is 18.5 Å². The van der Waals surface area contributed by atoms with Crippen molar-refractivity contribution in [2.45, 2.75) is 4.21 Å². The average molecular weight is 207 g/mol. The van der Waals surface area contributed by atoms with Crippen molar-refractivity contribution >= 4 is 26.9 Å². The van der Waals surface area contributed by atoms with E-state index in [-0.39, 0.29) is 9.90 Å². The highest BCUT2D eigenvalue weighted by Crippen LogP contribution is 2.28. The Hall–Kier alpha value is -0.950. The second-order valence-corrected chi connectivity index (χ2v) is 5.25. The molecule has 0 atom stereocenters. The Bertz CT molecular complexity index is 405. The molecule has 1 aromatic rings. The maximum Gasteiger partial charge on any atom is 0.298 e. The highest BCUT2D eigenvalue weighted by molar-refractivity contribution is 7.92. The number of hydrogen-bond acceptors (Lipinski definition) is 5. The third-order valence-electron chi connectivity index (χ3n) is 1.14. The van der Waals surface area contributed by atoms with Gasteiger partial charge in [0.1, 0.15) is 0 Å². The van der Waals surface area contributed by atoms with Gasteiger partial charge in [-0.1, -0.05) is 0 Å². The third-order valence-corrected chi connectivity index (χ3v) is 3.92. The molecule has 0 saturated heterocycles. The number of nitrogens with zero attached hydrogens (tertiary/aromatic N) is 1. The molecule has 0 unspecified atom stereocenters. The maximum absolute atomic E-state index is 10.9. The van der Waals surface area contributed by atoms with Crippen molar-refractivity contribution in [2.24, 2.45) is 0 Å². The number of sulfone groups is 1. The fourth-order valence-corrected chi connectivity index (χ4v) is 2.67. The molecule has 0 aliphatic rings. The summed E-state index contributed by atoms with van der Waals surface area (Å²) in [4.78, 5) is 9.58. The summed E-state index contributed by atoms with van der Waals surface area (Å²) in [5.74, 6) is 0. The van der Waals surface area contributed by atoms with Crippen LogP contribution in [0.5, 0.6) is 0 Å². The number of rotatable bonds is 2. The van der Waals surface area contributed by atoms with Gasteiger partial charge in [-0.3, -0.25) is 10.1 Å². The first kappa shape index (κ1) is 9.14. The van der Waals surface area contributed by atoms with Crippen molar-refractivity contribution in [3.05, 3.63) is 21.6 Å². The van der Waals surface area contributed by atoms with Gasteiger partial charge in [0.05, 0.1) is 4.92 Å². The summed E-state index contributed by atoms with van der Waals surface area (Å²) in [7, 11) is -3.46. The van der Waals surface area contributed by atoms with E-state index in [2.05, 4.69) is 0 Å². The lowest BCUT2D eigenvalue weighted by molar-refractivity contribution is -0.387. The number of thiophene rings is 1. The van der Waals surface area contributed by atoms with E-state index in [1.54, 1.807) is 0 Å². The van der Waals surface area contributed by atoms with Gasteiger partial charge < -0.3 is 0 Å². The van der Waals surface area contributed by atoms with Crippen LogP contribution in [0.3, 0.4) is 0 Å². The van der Waals surface area contributed by atoms with Gasteiger partial charge in [-0.25, -0.2) is 8.42 Å². The Morgan fingerprint density at radius 2 is 2.17 bits per heavy atom. The average Bonchev–Trinajstić information content (AvgIpc) is 2.30. The lowest BCUT2D eigenvalue weighted by atomic mass is 10.6. The van der Waals surface area contributed by atoms with Gasteiger partial charge in [0.2, 0.25) is 0 Å². The van der Waals surface area contributed by atoms with Crippen LogP contribution in [-0.4, -0.2) is 19.6 Å². The third kappa shape index (κ3) is 1.62. The first-order chi connectivity index (χ1) is 5.43.